The van der Waals surface area contributed by atoms with Gasteiger partial charge in [-0.2, -0.15) is 0 Å². The Kier molecular flexibility index (Phi) is 3.22. The van der Waals surface area contributed by atoms with Gasteiger partial charge >= 0.3 is 0 Å². The molecule has 0 bridgehead atoms. The van der Waals surface area contributed by atoms with Gasteiger partial charge in [-0.1, -0.05) is 11.6 Å². The number of aromatic nitrogens is 3. The van der Waals surface area contributed by atoms with Gasteiger partial charge in [0.25, 0.3) is 0 Å². The van der Waals surface area contributed by atoms with Gasteiger partial charge in [-0.3, -0.25) is 0 Å². The van der Waals surface area contributed by atoms with Crippen LogP contribution >= 0.6 is 11.6 Å². The van der Waals surface area contributed by atoms with Crippen LogP contribution in [0.2, 0.25) is 5.02 Å². The van der Waals surface area contributed by atoms with E-state index < -0.39 is 5.82 Å². The number of nitrogens with one attached hydrogen (secondary N) is 1. The summed E-state index contributed by atoms with van der Waals surface area (Å²) in [5, 5.41) is 0.0769. The zero-order chi connectivity index (χ0) is 15.1. The number of pyridine rings is 1. The van der Waals surface area contributed by atoms with E-state index in [1.54, 1.807) is 6.20 Å². The highest BCUT2D eigenvalue weighted by molar-refractivity contribution is 6.31. The number of halogens is 2. The van der Waals surface area contributed by atoms with E-state index >= 15 is 0 Å². The topological polar surface area (TPSA) is 44.8 Å². The maximum atomic E-state index is 13.5. The van der Waals surface area contributed by atoms with E-state index in [1.807, 2.05) is 12.1 Å². The van der Waals surface area contributed by atoms with Crippen LogP contribution in [0.4, 0.5) is 10.2 Å². The SMILES string of the molecule is Fc1cc2[nH]c(-c3ccc(N4CCCC4)nc3)nc2cc1Cl. The second kappa shape index (κ2) is 5.25. The number of rotatable bonds is 2. The summed E-state index contributed by atoms with van der Waals surface area (Å²) in [6.07, 6.45) is 4.24. The van der Waals surface area contributed by atoms with Crippen molar-refractivity contribution in [3.05, 3.63) is 41.3 Å². The summed E-state index contributed by atoms with van der Waals surface area (Å²) < 4.78 is 13.5. The molecule has 0 amide bonds. The Labute approximate surface area is 132 Å². The summed E-state index contributed by atoms with van der Waals surface area (Å²) in [5.74, 6) is 1.20. The Morgan fingerprint density at radius 1 is 1.18 bits per heavy atom. The van der Waals surface area contributed by atoms with Gasteiger partial charge in [-0.15, -0.1) is 0 Å². The number of imidazole rings is 1. The summed E-state index contributed by atoms with van der Waals surface area (Å²) in [4.78, 5) is 14.3. The fourth-order valence-corrected chi connectivity index (χ4v) is 2.96. The third-order valence-electron chi connectivity index (χ3n) is 3.98. The molecule has 4 rings (SSSR count). The third-order valence-corrected chi connectivity index (χ3v) is 4.26. The van der Waals surface area contributed by atoms with E-state index in [-0.39, 0.29) is 5.02 Å². The average molecular weight is 317 g/mol. The lowest BCUT2D eigenvalue weighted by Crippen LogP contribution is -2.18. The smallest absolute Gasteiger partial charge is 0.144 e. The molecule has 0 unspecified atom stereocenters. The van der Waals surface area contributed by atoms with Crippen LogP contribution in [0.25, 0.3) is 22.4 Å². The fourth-order valence-electron chi connectivity index (χ4n) is 2.80. The predicted molar refractivity (Wildman–Crippen MR) is 85.7 cm³/mol. The van der Waals surface area contributed by atoms with Crippen LogP contribution in [-0.4, -0.2) is 28.0 Å². The molecule has 2 aromatic heterocycles. The van der Waals surface area contributed by atoms with Gasteiger partial charge in [-0.05, 0) is 31.0 Å². The van der Waals surface area contributed by atoms with Gasteiger partial charge < -0.3 is 9.88 Å². The van der Waals surface area contributed by atoms with Crippen molar-refractivity contribution in [2.45, 2.75) is 12.8 Å². The molecular formula is C16H14ClFN4. The van der Waals surface area contributed by atoms with Crippen molar-refractivity contribution in [3.63, 3.8) is 0 Å². The minimum atomic E-state index is -0.452. The van der Waals surface area contributed by atoms with Crippen molar-refractivity contribution < 1.29 is 4.39 Å². The first-order valence-corrected chi connectivity index (χ1v) is 7.65. The Hall–Kier alpha value is -2.14. The molecule has 0 aliphatic carbocycles. The summed E-state index contributed by atoms with van der Waals surface area (Å²) in [5.41, 5.74) is 2.14. The molecule has 112 valence electrons. The molecule has 3 aromatic rings. The summed E-state index contributed by atoms with van der Waals surface area (Å²) >= 11 is 5.79. The molecular weight excluding hydrogens is 303 g/mol. The highest BCUT2D eigenvalue weighted by Crippen LogP contribution is 2.26. The molecule has 0 radical (unpaired) electrons. The minimum absolute atomic E-state index is 0.0769. The number of fused-ring (bicyclic) bond motifs is 1. The van der Waals surface area contributed by atoms with Crippen molar-refractivity contribution in [3.8, 4) is 11.4 Å². The van der Waals surface area contributed by atoms with Crippen LogP contribution in [0.1, 0.15) is 12.8 Å². The lowest BCUT2D eigenvalue weighted by atomic mass is 10.2. The number of aromatic amines is 1. The van der Waals surface area contributed by atoms with Crippen molar-refractivity contribution >= 4 is 28.5 Å². The first kappa shape index (κ1) is 13.5. The van der Waals surface area contributed by atoms with E-state index in [1.165, 1.54) is 25.0 Å². The van der Waals surface area contributed by atoms with Gasteiger partial charge in [-0.25, -0.2) is 14.4 Å². The fraction of sp³-hybridized carbons (Fsp3) is 0.250. The van der Waals surface area contributed by atoms with Crippen molar-refractivity contribution in [1.29, 1.82) is 0 Å². The molecule has 1 aliphatic heterocycles. The van der Waals surface area contributed by atoms with Crippen LogP contribution in [0.15, 0.2) is 30.5 Å². The first-order chi connectivity index (χ1) is 10.7. The normalized spacial score (nSPS) is 14.9. The molecule has 1 aliphatic rings. The maximum Gasteiger partial charge on any atom is 0.144 e. The number of anilines is 1. The quantitative estimate of drug-likeness (QED) is 0.776. The molecule has 1 fully saturated rings. The highest BCUT2D eigenvalue weighted by Gasteiger charge is 2.14. The number of nitrogens with zero attached hydrogens (tertiary/aromatic N) is 3. The van der Waals surface area contributed by atoms with Crippen LogP contribution < -0.4 is 4.90 Å². The Bertz CT molecular complexity index is 783. The predicted octanol–water partition coefficient (Wildman–Crippen LogP) is 4.02. The summed E-state index contributed by atoms with van der Waals surface area (Å²) in [7, 11) is 0. The van der Waals surface area contributed by atoms with Gasteiger partial charge in [0.15, 0.2) is 0 Å². The van der Waals surface area contributed by atoms with Crippen molar-refractivity contribution in [2.75, 3.05) is 18.0 Å². The Morgan fingerprint density at radius 2 is 2.00 bits per heavy atom. The molecule has 1 N–H and O–H groups in total. The van der Waals surface area contributed by atoms with Crippen LogP contribution in [0.3, 0.4) is 0 Å². The monoisotopic (exact) mass is 316 g/mol. The van der Waals surface area contributed by atoms with Crippen LogP contribution in [-0.2, 0) is 0 Å². The second-order valence-corrected chi connectivity index (χ2v) is 5.88. The van der Waals surface area contributed by atoms with Crippen molar-refractivity contribution in [1.82, 2.24) is 15.0 Å². The van der Waals surface area contributed by atoms with Crippen molar-refractivity contribution in [2.24, 2.45) is 0 Å². The molecule has 22 heavy (non-hydrogen) atoms. The zero-order valence-corrected chi connectivity index (χ0v) is 12.6. The van der Waals surface area contributed by atoms with Gasteiger partial charge in [0.1, 0.15) is 17.5 Å². The van der Waals surface area contributed by atoms with Gasteiger partial charge in [0.2, 0.25) is 0 Å². The molecule has 0 saturated carbocycles. The molecule has 3 heterocycles. The first-order valence-electron chi connectivity index (χ1n) is 7.27. The second-order valence-electron chi connectivity index (χ2n) is 5.47. The van der Waals surface area contributed by atoms with Crippen LogP contribution in [0.5, 0.6) is 0 Å². The van der Waals surface area contributed by atoms with Gasteiger partial charge in [0.05, 0.1) is 16.1 Å². The van der Waals surface area contributed by atoms with Gasteiger partial charge in [0, 0.05) is 30.9 Å². The Morgan fingerprint density at radius 3 is 2.73 bits per heavy atom. The number of benzene rings is 1. The number of hydrogen-bond donors (Lipinski definition) is 1. The molecule has 1 saturated heterocycles. The lowest BCUT2D eigenvalue weighted by molar-refractivity contribution is 0.630. The standard InChI is InChI=1S/C16H14ClFN4/c17-11-7-13-14(8-12(11)18)21-16(20-13)10-3-4-15(19-9-10)22-5-1-2-6-22/h3-4,7-9H,1-2,5-6H2,(H,20,21). The largest absolute Gasteiger partial charge is 0.357 e. The molecule has 0 atom stereocenters. The summed E-state index contributed by atoms with van der Waals surface area (Å²) in [6.45, 7) is 2.13. The number of H-pyrrole nitrogens is 1. The molecule has 4 nitrogen and oxygen atoms in total. The molecule has 6 heteroatoms. The minimum Gasteiger partial charge on any atom is -0.357 e. The number of hydrogen-bond acceptors (Lipinski definition) is 3. The van der Waals surface area contributed by atoms with E-state index in [4.69, 9.17) is 11.6 Å². The van der Waals surface area contributed by atoms with E-state index in [2.05, 4.69) is 19.9 Å². The highest BCUT2D eigenvalue weighted by atomic mass is 35.5. The molecule has 1 aromatic carbocycles. The van der Waals surface area contributed by atoms with Crippen LogP contribution in [0, 0.1) is 5.82 Å². The van der Waals surface area contributed by atoms with E-state index in [9.17, 15) is 4.39 Å². The Balaban J connectivity index is 1.69. The summed E-state index contributed by atoms with van der Waals surface area (Å²) in [6, 6.07) is 6.87. The molecule has 0 spiro atoms. The van der Waals surface area contributed by atoms with E-state index in [0.717, 1.165) is 24.5 Å². The third kappa shape index (κ3) is 2.31. The average Bonchev–Trinajstić information content (AvgIpc) is 3.17. The van der Waals surface area contributed by atoms with E-state index in [0.29, 0.717) is 16.9 Å². The lowest BCUT2D eigenvalue weighted by Gasteiger charge is -2.15. The maximum absolute atomic E-state index is 13.5. The zero-order valence-electron chi connectivity index (χ0n) is 11.8.